The summed E-state index contributed by atoms with van der Waals surface area (Å²) in [5, 5.41) is 11.1. The van der Waals surface area contributed by atoms with Crippen LogP contribution in [0.3, 0.4) is 0 Å². The first kappa shape index (κ1) is 11.7. The van der Waals surface area contributed by atoms with Crippen LogP contribution in [0.25, 0.3) is 11.0 Å². The van der Waals surface area contributed by atoms with Crippen molar-refractivity contribution in [3.63, 3.8) is 0 Å². The topological polar surface area (TPSA) is 79.5 Å². The Labute approximate surface area is 104 Å². The average molecular weight is 298 g/mol. The lowest BCUT2D eigenvalue weighted by molar-refractivity contribution is 0.193. The summed E-state index contributed by atoms with van der Waals surface area (Å²) in [4.78, 5) is 22.1. The molecule has 2 rings (SSSR count). The van der Waals surface area contributed by atoms with E-state index in [1.165, 1.54) is 6.07 Å². The highest BCUT2D eigenvalue weighted by molar-refractivity contribution is 9.10. The number of carboxylic acid groups (broad SMARTS) is 1. The number of nitrogens with one attached hydrogen (secondary N) is 1. The van der Waals surface area contributed by atoms with Crippen molar-refractivity contribution in [2.75, 3.05) is 0 Å². The Bertz CT molecular complexity index is 635. The lowest BCUT2D eigenvalue weighted by Crippen LogP contribution is -2.20. The highest BCUT2D eigenvalue weighted by Crippen LogP contribution is 2.17. The summed E-state index contributed by atoms with van der Waals surface area (Å²) in [7, 11) is 0. The maximum Gasteiger partial charge on any atom is 0.405 e. The largest absolute Gasteiger partial charge is 0.465 e. The van der Waals surface area contributed by atoms with E-state index < -0.39 is 6.09 Å². The molecule has 0 saturated carbocycles. The van der Waals surface area contributed by atoms with E-state index in [0.717, 1.165) is 4.47 Å². The van der Waals surface area contributed by atoms with Crippen LogP contribution in [0.1, 0.15) is 5.76 Å². The van der Waals surface area contributed by atoms with Gasteiger partial charge < -0.3 is 14.8 Å². The third-order valence-electron chi connectivity index (χ3n) is 2.15. The summed E-state index contributed by atoms with van der Waals surface area (Å²) in [6.45, 7) is -0.0312. The van der Waals surface area contributed by atoms with Gasteiger partial charge in [0.05, 0.1) is 11.9 Å². The Hall–Kier alpha value is -1.82. The number of benzene rings is 1. The Morgan fingerprint density at radius 3 is 2.88 bits per heavy atom. The number of fused-ring (bicyclic) bond motifs is 1. The fraction of sp³-hybridized carbons (Fsp3) is 0.0909. The molecule has 0 spiro atoms. The normalized spacial score (nSPS) is 10.4. The number of hydrogen-bond donors (Lipinski definition) is 2. The van der Waals surface area contributed by atoms with Crippen LogP contribution in [0.2, 0.25) is 0 Å². The van der Waals surface area contributed by atoms with Gasteiger partial charge in [0.25, 0.3) is 0 Å². The van der Waals surface area contributed by atoms with Gasteiger partial charge in [0.2, 0.25) is 0 Å². The van der Waals surface area contributed by atoms with E-state index in [1.807, 2.05) is 0 Å². The van der Waals surface area contributed by atoms with Gasteiger partial charge in [-0.1, -0.05) is 15.9 Å². The van der Waals surface area contributed by atoms with Crippen LogP contribution in [-0.2, 0) is 6.54 Å². The first-order valence-corrected chi connectivity index (χ1v) is 5.54. The summed E-state index contributed by atoms with van der Waals surface area (Å²) >= 11 is 3.26. The van der Waals surface area contributed by atoms with Gasteiger partial charge in [-0.3, -0.25) is 4.79 Å². The van der Waals surface area contributed by atoms with Crippen LogP contribution in [0.5, 0.6) is 0 Å². The maximum atomic E-state index is 11.7. The third-order valence-corrected chi connectivity index (χ3v) is 2.65. The van der Waals surface area contributed by atoms with Gasteiger partial charge in [-0.2, -0.15) is 0 Å². The van der Waals surface area contributed by atoms with Gasteiger partial charge in [-0.25, -0.2) is 4.79 Å². The number of carbonyl (C=O) groups is 1. The van der Waals surface area contributed by atoms with Gasteiger partial charge in [0.15, 0.2) is 5.43 Å². The van der Waals surface area contributed by atoms with Crippen LogP contribution < -0.4 is 10.7 Å². The molecular weight excluding hydrogens is 290 g/mol. The van der Waals surface area contributed by atoms with Crippen molar-refractivity contribution in [1.82, 2.24) is 5.32 Å². The van der Waals surface area contributed by atoms with E-state index >= 15 is 0 Å². The molecule has 6 heteroatoms. The molecule has 0 bridgehead atoms. The summed E-state index contributed by atoms with van der Waals surface area (Å²) in [6, 6.07) is 6.35. The fourth-order valence-corrected chi connectivity index (χ4v) is 1.79. The van der Waals surface area contributed by atoms with Gasteiger partial charge in [-0.15, -0.1) is 0 Å². The summed E-state index contributed by atoms with van der Waals surface area (Å²) in [5.41, 5.74) is 0.234. The summed E-state index contributed by atoms with van der Waals surface area (Å²) in [5.74, 6) is 0.284. The molecule has 17 heavy (non-hydrogen) atoms. The standard InChI is InChI=1S/C11H8BrNO4/c12-6-1-2-10-8(3-6)9(14)4-7(17-10)5-13-11(15)16/h1-4,13H,5H2,(H,15,16). The zero-order valence-electron chi connectivity index (χ0n) is 8.57. The highest BCUT2D eigenvalue weighted by Gasteiger charge is 2.06. The minimum atomic E-state index is -1.16. The van der Waals surface area contributed by atoms with E-state index in [4.69, 9.17) is 9.52 Å². The molecule has 1 aromatic carbocycles. The van der Waals surface area contributed by atoms with E-state index in [2.05, 4.69) is 21.2 Å². The molecule has 0 aliphatic rings. The van der Waals surface area contributed by atoms with Crippen molar-refractivity contribution in [3.05, 3.63) is 44.7 Å². The molecule has 88 valence electrons. The molecule has 0 aliphatic heterocycles. The lowest BCUT2D eigenvalue weighted by atomic mass is 10.2. The monoisotopic (exact) mass is 297 g/mol. The zero-order chi connectivity index (χ0) is 12.4. The predicted octanol–water partition coefficient (Wildman–Crippen LogP) is 2.32. The van der Waals surface area contributed by atoms with E-state index in [1.54, 1.807) is 18.2 Å². The minimum Gasteiger partial charge on any atom is -0.465 e. The van der Waals surface area contributed by atoms with Gasteiger partial charge in [0, 0.05) is 10.5 Å². The molecule has 0 fully saturated rings. The third kappa shape index (κ3) is 2.65. The predicted molar refractivity (Wildman–Crippen MR) is 65.0 cm³/mol. The van der Waals surface area contributed by atoms with Gasteiger partial charge >= 0.3 is 6.09 Å². The number of halogens is 1. The first-order valence-electron chi connectivity index (χ1n) is 4.75. The molecule has 0 saturated heterocycles. The van der Waals surface area contributed by atoms with Gasteiger partial charge in [-0.05, 0) is 18.2 Å². The Morgan fingerprint density at radius 1 is 1.41 bits per heavy atom. The molecule has 0 aliphatic carbocycles. The number of hydrogen-bond acceptors (Lipinski definition) is 3. The van der Waals surface area contributed by atoms with Crippen LogP contribution in [-0.4, -0.2) is 11.2 Å². The molecule has 1 aromatic heterocycles. The Morgan fingerprint density at radius 2 is 2.18 bits per heavy atom. The molecule has 5 nitrogen and oxygen atoms in total. The van der Waals surface area contributed by atoms with Gasteiger partial charge in [0.1, 0.15) is 11.3 Å². The first-order chi connectivity index (χ1) is 8.06. The van der Waals surface area contributed by atoms with Crippen LogP contribution in [0.15, 0.2) is 37.9 Å². The zero-order valence-corrected chi connectivity index (χ0v) is 10.2. The Balaban J connectivity index is 2.45. The summed E-state index contributed by atoms with van der Waals surface area (Å²) < 4.78 is 6.19. The SMILES string of the molecule is O=C(O)NCc1cc(=O)c2cc(Br)ccc2o1. The molecule has 0 unspecified atom stereocenters. The molecule has 0 atom stereocenters. The lowest BCUT2D eigenvalue weighted by Gasteiger charge is -2.03. The van der Waals surface area contributed by atoms with Crippen LogP contribution >= 0.6 is 15.9 Å². The minimum absolute atomic E-state index is 0.0312. The maximum absolute atomic E-state index is 11.7. The van der Waals surface area contributed by atoms with Crippen molar-refractivity contribution in [2.45, 2.75) is 6.54 Å². The second-order valence-corrected chi connectivity index (χ2v) is 4.29. The van der Waals surface area contributed by atoms with E-state index in [0.29, 0.717) is 11.0 Å². The molecule has 1 amide bonds. The fourth-order valence-electron chi connectivity index (χ4n) is 1.43. The highest BCUT2D eigenvalue weighted by atomic mass is 79.9. The second-order valence-electron chi connectivity index (χ2n) is 3.38. The molecule has 1 heterocycles. The van der Waals surface area contributed by atoms with Crippen molar-refractivity contribution < 1.29 is 14.3 Å². The molecule has 2 aromatic rings. The summed E-state index contributed by atoms with van der Waals surface area (Å²) in [6.07, 6.45) is -1.16. The molecular formula is C11H8BrNO4. The molecule has 0 radical (unpaired) electrons. The van der Waals surface area contributed by atoms with Crippen LogP contribution in [0.4, 0.5) is 4.79 Å². The van der Waals surface area contributed by atoms with E-state index in [-0.39, 0.29) is 17.7 Å². The van der Waals surface area contributed by atoms with Crippen molar-refractivity contribution in [1.29, 1.82) is 0 Å². The number of rotatable bonds is 2. The quantitative estimate of drug-likeness (QED) is 0.891. The molecule has 2 N–H and O–H groups in total. The second kappa shape index (κ2) is 4.58. The van der Waals surface area contributed by atoms with E-state index in [9.17, 15) is 9.59 Å². The smallest absolute Gasteiger partial charge is 0.405 e. The van der Waals surface area contributed by atoms with Crippen molar-refractivity contribution >= 4 is 33.0 Å². The average Bonchev–Trinajstić information content (AvgIpc) is 2.27. The Kier molecular flexibility index (Phi) is 3.14. The van der Waals surface area contributed by atoms with Crippen molar-refractivity contribution in [3.8, 4) is 0 Å². The number of amides is 1. The van der Waals surface area contributed by atoms with Crippen molar-refractivity contribution in [2.24, 2.45) is 0 Å². The van der Waals surface area contributed by atoms with Crippen LogP contribution in [0, 0.1) is 0 Å².